The highest BCUT2D eigenvalue weighted by Crippen LogP contribution is 2.23. The van der Waals surface area contributed by atoms with E-state index in [4.69, 9.17) is 10.8 Å². The molecule has 0 unspecified atom stereocenters. The highest BCUT2D eigenvalue weighted by molar-refractivity contribution is 6.25. The van der Waals surface area contributed by atoms with E-state index in [0.29, 0.717) is 0 Å². The average Bonchev–Trinajstić information content (AvgIpc) is 2.61. The summed E-state index contributed by atoms with van der Waals surface area (Å²) >= 11 is 0. The lowest BCUT2D eigenvalue weighted by molar-refractivity contribution is 0.0966. The number of ketones is 2. The molecular formula is C10H11N3O3. The van der Waals surface area contributed by atoms with Crippen molar-refractivity contribution in [3.63, 3.8) is 0 Å². The minimum Gasteiger partial charge on any atom is -0.395 e. The molecule has 1 aromatic rings. The van der Waals surface area contributed by atoms with Gasteiger partial charge in [0, 0.05) is 12.6 Å². The van der Waals surface area contributed by atoms with Crippen LogP contribution in [0.4, 0.5) is 0 Å². The van der Waals surface area contributed by atoms with Crippen LogP contribution < -0.4 is 5.73 Å². The van der Waals surface area contributed by atoms with Gasteiger partial charge >= 0.3 is 0 Å². The molecule has 1 aromatic heterocycles. The van der Waals surface area contributed by atoms with Crippen LogP contribution in [0, 0.1) is 0 Å². The van der Waals surface area contributed by atoms with E-state index < -0.39 is 5.78 Å². The minimum atomic E-state index is -0.456. The quantitative estimate of drug-likeness (QED) is 0.667. The Labute approximate surface area is 91.4 Å². The van der Waals surface area contributed by atoms with Crippen LogP contribution in [-0.4, -0.2) is 26.2 Å². The Morgan fingerprint density at radius 1 is 1.38 bits per heavy atom. The number of hydrogen-bond donors (Lipinski definition) is 2. The highest BCUT2D eigenvalue weighted by Gasteiger charge is 2.33. The number of Topliss-reactive ketones (excluding diaryl/α,β-unsaturated/α-hetero) is 2. The van der Waals surface area contributed by atoms with Gasteiger partial charge in [0.2, 0.25) is 11.6 Å². The first-order chi connectivity index (χ1) is 7.49. The van der Waals surface area contributed by atoms with E-state index in [-0.39, 0.29) is 40.9 Å². The molecule has 0 saturated carbocycles. The van der Waals surface area contributed by atoms with Gasteiger partial charge in [0.15, 0.2) is 0 Å². The van der Waals surface area contributed by atoms with Gasteiger partial charge in [-0.3, -0.25) is 9.59 Å². The maximum absolute atomic E-state index is 11.9. The standard InChI is InChI=1S/C10H11N3O3/c1-4-6(11)10(16)7-8(9(4)15)13(2)5(3-14)12-7/h14H,3,11H2,1-2H3. The first-order valence-corrected chi connectivity index (χ1v) is 4.71. The Morgan fingerprint density at radius 2 is 2.00 bits per heavy atom. The van der Waals surface area contributed by atoms with Gasteiger partial charge in [0.1, 0.15) is 23.8 Å². The van der Waals surface area contributed by atoms with Crippen molar-refractivity contribution in [2.24, 2.45) is 12.8 Å². The summed E-state index contributed by atoms with van der Waals surface area (Å²) < 4.78 is 1.42. The summed E-state index contributed by atoms with van der Waals surface area (Å²) in [7, 11) is 1.58. The predicted octanol–water partition coefficient (Wildman–Crippen LogP) is -0.476. The average molecular weight is 221 g/mol. The van der Waals surface area contributed by atoms with Gasteiger partial charge in [-0.1, -0.05) is 0 Å². The van der Waals surface area contributed by atoms with Gasteiger partial charge in [-0.2, -0.15) is 0 Å². The molecule has 0 atom stereocenters. The van der Waals surface area contributed by atoms with Crippen molar-refractivity contribution in [2.45, 2.75) is 13.5 Å². The second-order valence-corrected chi connectivity index (χ2v) is 3.64. The predicted molar refractivity (Wildman–Crippen MR) is 54.7 cm³/mol. The lowest BCUT2D eigenvalue weighted by atomic mass is 9.96. The molecule has 6 heteroatoms. The molecule has 16 heavy (non-hydrogen) atoms. The number of aliphatic hydroxyl groups excluding tert-OH is 1. The zero-order valence-corrected chi connectivity index (χ0v) is 8.94. The Morgan fingerprint density at radius 3 is 2.56 bits per heavy atom. The molecule has 0 radical (unpaired) electrons. The van der Waals surface area contributed by atoms with Gasteiger partial charge in [-0.15, -0.1) is 0 Å². The third-order valence-corrected chi connectivity index (χ3v) is 2.75. The van der Waals surface area contributed by atoms with Crippen molar-refractivity contribution in [3.05, 3.63) is 28.5 Å². The number of aromatic nitrogens is 2. The van der Waals surface area contributed by atoms with E-state index in [0.717, 1.165) is 0 Å². The van der Waals surface area contributed by atoms with Gasteiger partial charge in [-0.25, -0.2) is 4.98 Å². The van der Waals surface area contributed by atoms with Gasteiger partial charge in [0.25, 0.3) is 0 Å². The SMILES string of the molecule is CC1=C(N)C(=O)c2nc(CO)n(C)c2C1=O. The molecule has 0 fully saturated rings. The van der Waals surface area contributed by atoms with Gasteiger partial charge < -0.3 is 15.4 Å². The van der Waals surface area contributed by atoms with E-state index in [1.165, 1.54) is 11.5 Å². The molecule has 84 valence electrons. The van der Waals surface area contributed by atoms with Crippen molar-refractivity contribution in [1.82, 2.24) is 9.55 Å². The second-order valence-electron chi connectivity index (χ2n) is 3.64. The van der Waals surface area contributed by atoms with Gasteiger partial charge in [-0.05, 0) is 6.92 Å². The first kappa shape index (κ1) is 10.6. The highest BCUT2D eigenvalue weighted by atomic mass is 16.3. The number of nitrogens with zero attached hydrogens (tertiary/aromatic N) is 2. The van der Waals surface area contributed by atoms with E-state index in [1.54, 1.807) is 7.05 Å². The molecule has 1 aliphatic carbocycles. The van der Waals surface area contributed by atoms with Crippen LogP contribution in [0.15, 0.2) is 11.3 Å². The molecule has 0 amide bonds. The Balaban J connectivity index is 2.73. The molecule has 3 N–H and O–H groups in total. The van der Waals surface area contributed by atoms with Crippen LogP contribution in [0.3, 0.4) is 0 Å². The summed E-state index contributed by atoms with van der Waals surface area (Å²) in [6, 6.07) is 0. The molecule has 1 heterocycles. The number of nitrogens with two attached hydrogens (primary N) is 1. The zero-order chi connectivity index (χ0) is 12.0. The fourth-order valence-electron chi connectivity index (χ4n) is 1.70. The molecule has 2 rings (SSSR count). The number of fused-ring (bicyclic) bond motifs is 1. The second kappa shape index (κ2) is 3.28. The molecule has 0 aromatic carbocycles. The fraction of sp³-hybridized carbons (Fsp3) is 0.300. The first-order valence-electron chi connectivity index (χ1n) is 4.71. The van der Waals surface area contributed by atoms with Crippen LogP contribution in [-0.2, 0) is 13.7 Å². The van der Waals surface area contributed by atoms with Crippen LogP contribution in [0.1, 0.15) is 33.7 Å². The number of rotatable bonds is 1. The maximum atomic E-state index is 11.9. The van der Waals surface area contributed by atoms with Crippen LogP contribution in [0.25, 0.3) is 0 Å². The van der Waals surface area contributed by atoms with Crippen LogP contribution >= 0.6 is 0 Å². The Hall–Kier alpha value is -1.95. The Kier molecular flexibility index (Phi) is 2.16. The van der Waals surface area contributed by atoms with E-state index >= 15 is 0 Å². The maximum Gasteiger partial charge on any atom is 0.229 e. The number of allylic oxidation sites excluding steroid dienone is 2. The number of aliphatic hydroxyl groups is 1. The van der Waals surface area contributed by atoms with Crippen molar-refractivity contribution in [2.75, 3.05) is 0 Å². The summed E-state index contributed by atoms with van der Waals surface area (Å²) in [6.45, 7) is 1.17. The third-order valence-electron chi connectivity index (χ3n) is 2.75. The van der Waals surface area contributed by atoms with E-state index in [9.17, 15) is 9.59 Å². The zero-order valence-electron chi connectivity index (χ0n) is 8.94. The third kappa shape index (κ3) is 1.13. The number of imidazole rings is 1. The van der Waals surface area contributed by atoms with E-state index in [1.807, 2.05) is 0 Å². The summed E-state index contributed by atoms with van der Waals surface area (Å²) in [5, 5.41) is 9.02. The summed E-state index contributed by atoms with van der Waals surface area (Å²) in [5.74, 6) is -0.501. The summed E-state index contributed by atoms with van der Waals surface area (Å²) in [6.07, 6.45) is 0. The topological polar surface area (TPSA) is 98.2 Å². The van der Waals surface area contributed by atoms with Crippen molar-refractivity contribution >= 4 is 11.6 Å². The molecule has 0 saturated heterocycles. The lowest BCUT2D eigenvalue weighted by Crippen LogP contribution is -2.26. The van der Waals surface area contributed by atoms with Crippen LogP contribution in [0.2, 0.25) is 0 Å². The normalized spacial score (nSPS) is 15.7. The number of hydrogen-bond acceptors (Lipinski definition) is 5. The summed E-state index contributed by atoms with van der Waals surface area (Å²) in [4.78, 5) is 27.6. The molecule has 0 bridgehead atoms. The molecule has 0 spiro atoms. The van der Waals surface area contributed by atoms with E-state index in [2.05, 4.69) is 4.98 Å². The smallest absolute Gasteiger partial charge is 0.229 e. The Bertz CT molecular complexity index is 540. The van der Waals surface area contributed by atoms with Crippen molar-refractivity contribution < 1.29 is 14.7 Å². The van der Waals surface area contributed by atoms with Crippen LogP contribution in [0.5, 0.6) is 0 Å². The lowest BCUT2D eigenvalue weighted by Gasteiger charge is -2.12. The summed E-state index contributed by atoms with van der Waals surface area (Å²) in [5.41, 5.74) is 5.91. The van der Waals surface area contributed by atoms with Crippen molar-refractivity contribution in [1.29, 1.82) is 0 Å². The van der Waals surface area contributed by atoms with Gasteiger partial charge in [0.05, 0.1) is 5.70 Å². The molecule has 1 aliphatic rings. The largest absolute Gasteiger partial charge is 0.395 e. The number of carbonyl (C=O) groups is 2. The molecule has 0 aliphatic heterocycles. The number of carbonyl (C=O) groups excluding carboxylic acids is 2. The molecular weight excluding hydrogens is 210 g/mol. The minimum absolute atomic E-state index is 0.0275. The monoisotopic (exact) mass is 221 g/mol. The fourth-order valence-corrected chi connectivity index (χ4v) is 1.70. The molecule has 6 nitrogen and oxygen atoms in total. The van der Waals surface area contributed by atoms with Crippen molar-refractivity contribution in [3.8, 4) is 0 Å².